The molecule has 0 aromatic carbocycles. The second-order valence-electron chi connectivity index (χ2n) is 4.20. The summed E-state index contributed by atoms with van der Waals surface area (Å²) in [5, 5.41) is 11.5. The molecule has 0 N–H and O–H groups in total. The minimum absolute atomic E-state index is 0.732. The lowest BCUT2D eigenvalue weighted by atomic mass is 10.5. The third-order valence-electron chi connectivity index (χ3n) is 1.32. The minimum atomic E-state index is -3.26. The van der Waals surface area contributed by atoms with E-state index in [2.05, 4.69) is 22.0 Å². The summed E-state index contributed by atoms with van der Waals surface area (Å²) >= 11 is 0. The number of hydrogen-bond acceptors (Lipinski definition) is 6. The molecule has 0 fully saturated rings. The van der Waals surface area contributed by atoms with Crippen LogP contribution in [0, 0.1) is 0 Å². The standard InChI is InChI=1S/C11H21N3O3Si/c1-8-18(15-12-9(2)3,16-13-10(4)5)17-14-11(6)7/h8H,1H2,2-7H3. The molecule has 6 nitrogen and oxygen atoms in total. The molecular formula is C11H21N3O3Si. The van der Waals surface area contributed by atoms with E-state index in [0.717, 1.165) is 17.1 Å². The van der Waals surface area contributed by atoms with Crippen molar-refractivity contribution in [3.63, 3.8) is 0 Å². The number of nitrogens with zero attached hydrogens (tertiary/aromatic N) is 3. The van der Waals surface area contributed by atoms with Gasteiger partial charge in [0.2, 0.25) is 0 Å². The van der Waals surface area contributed by atoms with Gasteiger partial charge in [0.15, 0.2) is 0 Å². The Hall–Kier alpha value is -1.63. The van der Waals surface area contributed by atoms with E-state index in [9.17, 15) is 0 Å². The van der Waals surface area contributed by atoms with Gasteiger partial charge in [0.1, 0.15) is 0 Å². The van der Waals surface area contributed by atoms with Gasteiger partial charge < -0.3 is 13.6 Å². The van der Waals surface area contributed by atoms with Gasteiger partial charge in [0, 0.05) is 22.8 Å². The van der Waals surface area contributed by atoms with Crippen LogP contribution in [0.15, 0.2) is 27.7 Å². The number of hydrogen-bond donors (Lipinski definition) is 0. The zero-order valence-corrected chi connectivity index (χ0v) is 12.9. The van der Waals surface area contributed by atoms with Crippen LogP contribution in [0.25, 0.3) is 0 Å². The largest absolute Gasteiger partial charge is 0.791 e. The third-order valence-corrected chi connectivity index (χ3v) is 2.85. The Morgan fingerprint density at radius 2 is 1.06 bits per heavy atom. The Bertz CT molecular complexity index is 315. The molecule has 0 unspecified atom stereocenters. The van der Waals surface area contributed by atoms with Gasteiger partial charge in [-0.1, -0.05) is 6.58 Å². The highest BCUT2D eigenvalue weighted by atomic mass is 28.4. The van der Waals surface area contributed by atoms with Crippen molar-refractivity contribution in [3.05, 3.63) is 12.3 Å². The predicted molar refractivity (Wildman–Crippen MR) is 75.6 cm³/mol. The van der Waals surface area contributed by atoms with Crippen molar-refractivity contribution in [2.24, 2.45) is 15.5 Å². The maximum absolute atomic E-state index is 5.29. The summed E-state index contributed by atoms with van der Waals surface area (Å²) in [4.78, 5) is 0. The predicted octanol–water partition coefficient (Wildman–Crippen LogP) is 2.89. The first-order valence-electron chi connectivity index (χ1n) is 5.53. The molecule has 0 rings (SSSR count). The summed E-state index contributed by atoms with van der Waals surface area (Å²) in [5.74, 6) is 0. The highest BCUT2D eigenvalue weighted by molar-refractivity contribution is 6.66. The first kappa shape index (κ1) is 16.4. The van der Waals surface area contributed by atoms with Crippen LogP contribution in [0.1, 0.15) is 41.5 Å². The Balaban J connectivity index is 5.05. The second-order valence-corrected chi connectivity index (χ2v) is 6.36. The molecule has 0 bridgehead atoms. The summed E-state index contributed by atoms with van der Waals surface area (Å²) < 4.78 is 15.9. The molecule has 0 amide bonds. The van der Waals surface area contributed by atoms with Crippen molar-refractivity contribution < 1.29 is 13.6 Å². The summed E-state index contributed by atoms with van der Waals surface area (Å²) in [6.07, 6.45) is 0. The van der Waals surface area contributed by atoms with E-state index < -0.39 is 8.80 Å². The summed E-state index contributed by atoms with van der Waals surface area (Å²) in [6, 6.07) is 0. The van der Waals surface area contributed by atoms with Crippen molar-refractivity contribution in [3.8, 4) is 0 Å². The monoisotopic (exact) mass is 271 g/mol. The van der Waals surface area contributed by atoms with Gasteiger partial charge in [0.25, 0.3) is 0 Å². The van der Waals surface area contributed by atoms with Crippen molar-refractivity contribution in [1.29, 1.82) is 0 Å². The molecule has 0 aliphatic rings. The van der Waals surface area contributed by atoms with Crippen molar-refractivity contribution in [1.82, 2.24) is 0 Å². The lowest BCUT2D eigenvalue weighted by molar-refractivity contribution is 0.0788. The molecule has 0 atom stereocenters. The quantitative estimate of drug-likeness (QED) is 0.406. The van der Waals surface area contributed by atoms with E-state index in [-0.39, 0.29) is 0 Å². The SMILES string of the molecule is C=C[Si](ON=C(C)C)(ON=C(C)C)ON=C(C)C. The van der Waals surface area contributed by atoms with E-state index in [1.807, 2.05) is 0 Å². The second kappa shape index (κ2) is 7.65. The number of oxime groups is 3. The zero-order valence-electron chi connectivity index (χ0n) is 11.9. The van der Waals surface area contributed by atoms with E-state index in [1.165, 1.54) is 5.70 Å². The molecule has 0 aliphatic heterocycles. The Labute approximate surface area is 109 Å². The molecule has 102 valence electrons. The molecule has 0 aromatic rings. The van der Waals surface area contributed by atoms with Crippen molar-refractivity contribution >= 4 is 25.9 Å². The topological polar surface area (TPSA) is 64.8 Å². The van der Waals surface area contributed by atoms with E-state index >= 15 is 0 Å². The maximum Gasteiger partial charge on any atom is 0.791 e. The fourth-order valence-corrected chi connectivity index (χ4v) is 1.88. The molecule has 7 heteroatoms. The van der Waals surface area contributed by atoms with Crippen LogP contribution in [-0.2, 0) is 13.6 Å². The maximum atomic E-state index is 5.29. The molecular weight excluding hydrogens is 250 g/mol. The van der Waals surface area contributed by atoms with Crippen LogP contribution in [0.2, 0.25) is 0 Å². The Kier molecular flexibility index (Phi) is 6.95. The highest BCUT2D eigenvalue weighted by Crippen LogP contribution is 2.13. The average Bonchev–Trinajstić information content (AvgIpc) is 2.28. The van der Waals surface area contributed by atoms with Gasteiger partial charge in [-0.25, -0.2) is 0 Å². The van der Waals surface area contributed by atoms with Gasteiger partial charge >= 0.3 is 8.80 Å². The fourth-order valence-electron chi connectivity index (χ4n) is 0.627. The first-order chi connectivity index (χ1) is 8.31. The Morgan fingerprint density at radius 1 is 0.778 bits per heavy atom. The molecule has 0 spiro atoms. The van der Waals surface area contributed by atoms with Crippen LogP contribution in [0.3, 0.4) is 0 Å². The van der Waals surface area contributed by atoms with E-state index in [0.29, 0.717) is 0 Å². The normalized spacial score (nSPS) is 9.89. The Morgan fingerprint density at radius 3 is 1.22 bits per heavy atom. The fraction of sp³-hybridized carbons (Fsp3) is 0.545. The lowest BCUT2D eigenvalue weighted by Crippen LogP contribution is -2.40. The zero-order chi connectivity index (χ0) is 14.2. The average molecular weight is 271 g/mol. The van der Waals surface area contributed by atoms with Crippen LogP contribution < -0.4 is 0 Å². The van der Waals surface area contributed by atoms with Gasteiger partial charge in [-0.2, -0.15) is 0 Å². The van der Waals surface area contributed by atoms with E-state index in [4.69, 9.17) is 13.6 Å². The first-order valence-corrected chi connectivity index (χ1v) is 7.33. The lowest BCUT2D eigenvalue weighted by Gasteiger charge is -2.18. The van der Waals surface area contributed by atoms with Crippen LogP contribution in [-0.4, -0.2) is 25.9 Å². The van der Waals surface area contributed by atoms with E-state index in [1.54, 1.807) is 41.5 Å². The summed E-state index contributed by atoms with van der Waals surface area (Å²) in [5.41, 5.74) is 3.62. The third kappa shape index (κ3) is 6.84. The molecule has 0 aliphatic carbocycles. The minimum Gasteiger partial charge on any atom is -0.370 e. The van der Waals surface area contributed by atoms with Crippen molar-refractivity contribution in [2.45, 2.75) is 41.5 Å². The molecule has 0 radical (unpaired) electrons. The molecule has 18 heavy (non-hydrogen) atoms. The summed E-state index contributed by atoms with van der Waals surface area (Å²) in [7, 11) is -3.26. The van der Waals surface area contributed by atoms with Gasteiger partial charge in [-0.15, -0.1) is 15.5 Å². The van der Waals surface area contributed by atoms with Crippen LogP contribution >= 0.6 is 0 Å². The highest BCUT2D eigenvalue weighted by Gasteiger charge is 2.48. The van der Waals surface area contributed by atoms with Gasteiger partial charge in [-0.3, -0.25) is 0 Å². The molecule has 0 heterocycles. The number of rotatable bonds is 7. The molecule has 0 aromatic heterocycles. The van der Waals surface area contributed by atoms with Crippen molar-refractivity contribution in [2.75, 3.05) is 0 Å². The molecule has 0 saturated heterocycles. The molecule has 0 saturated carbocycles. The van der Waals surface area contributed by atoms with Crippen LogP contribution in [0.5, 0.6) is 0 Å². The van der Waals surface area contributed by atoms with Crippen LogP contribution in [0.4, 0.5) is 0 Å². The smallest absolute Gasteiger partial charge is 0.370 e. The summed E-state index contributed by atoms with van der Waals surface area (Å²) in [6.45, 7) is 14.4. The van der Waals surface area contributed by atoms with Gasteiger partial charge in [-0.05, 0) is 41.5 Å². The van der Waals surface area contributed by atoms with Gasteiger partial charge in [0.05, 0.1) is 0 Å².